The molecule has 1 saturated carbocycles. The van der Waals surface area contributed by atoms with Gasteiger partial charge in [0.15, 0.2) is 0 Å². The number of carbonyl (C=O) groups excluding carboxylic acids is 2. The molecule has 2 unspecified atom stereocenters. The fraction of sp³-hybridized carbons (Fsp3) is 0.889. The van der Waals surface area contributed by atoms with Crippen molar-refractivity contribution in [2.75, 3.05) is 26.7 Å². The van der Waals surface area contributed by atoms with Crippen LogP contribution in [-0.2, 0) is 9.59 Å². The van der Waals surface area contributed by atoms with Gasteiger partial charge in [0.05, 0.1) is 0 Å². The molecule has 5 nitrogen and oxygen atoms in total. The SMILES string of the molecule is CNCC1CCCN(C(=O)C(C)NC(=O)CC2CCCCC2)C1.Cl. The van der Waals surface area contributed by atoms with E-state index < -0.39 is 6.04 Å². The Morgan fingerprint density at radius 2 is 1.75 bits per heavy atom. The fourth-order valence-electron chi connectivity index (χ4n) is 4.01. The highest BCUT2D eigenvalue weighted by Crippen LogP contribution is 2.26. The summed E-state index contributed by atoms with van der Waals surface area (Å²) in [7, 11) is 1.95. The van der Waals surface area contributed by atoms with E-state index in [-0.39, 0.29) is 24.2 Å². The second-order valence-electron chi connectivity index (χ2n) is 7.35. The van der Waals surface area contributed by atoms with Gasteiger partial charge < -0.3 is 15.5 Å². The van der Waals surface area contributed by atoms with Gasteiger partial charge in [0.2, 0.25) is 11.8 Å². The largest absolute Gasteiger partial charge is 0.345 e. The third-order valence-corrected chi connectivity index (χ3v) is 5.27. The van der Waals surface area contributed by atoms with Crippen LogP contribution < -0.4 is 10.6 Å². The molecule has 2 aliphatic rings. The second kappa shape index (κ2) is 10.9. The molecule has 24 heavy (non-hydrogen) atoms. The number of piperidine rings is 1. The summed E-state index contributed by atoms with van der Waals surface area (Å²) in [5.41, 5.74) is 0. The monoisotopic (exact) mass is 359 g/mol. The molecule has 0 aromatic carbocycles. The topological polar surface area (TPSA) is 61.4 Å². The van der Waals surface area contributed by atoms with Gasteiger partial charge in [-0.2, -0.15) is 0 Å². The van der Waals surface area contributed by atoms with E-state index in [9.17, 15) is 9.59 Å². The van der Waals surface area contributed by atoms with Crippen molar-refractivity contribution in [3.8, 4) is 0 Å². The van der Waals surface area contributed by atoms with Crippen molar-refractivity contribution >= 4 is 24.2 Å². The minimum Gasteiger partial charge on any atom is -0.345 e. The number of likely N-dealkylation sites (tertiary alicyclic amines) is 1. The minimum absolute atomic E-state index is 0. The average Bonchev–Trinajstić information content (AvgIpc) is 2.55. The highest BCUT2D eigenvalue weighted by atomic mass is 35.5. The summed E-state index contributed by atoms with van der Waals surface area (Å²) in [5.74, 6) is 1.16. The third-order valence-electron chi connectivity index (χ3n) is 5.27. The number of halogens is 1. The summed E-state index contributed by atoms with van der Waals surface area (Å²) in [6, 6.07) is -0.403. The average molecular weight is 360 g/mol. The van der Waals surface area contributed by atoms with E-state index in [1.54, 1.807) is 0 Å². The first-order chi connectivity index (χ1) is 11.1. The van der Waals surface area contributed by atoms with Crippen molar-refractivity contribution in [1.29, 1.82) is 0 Å². The molecular formula is C18H34ClN3O2. The maximum atomic E-state index is 12.6. The van der Waals surface area contributed by atoms with E-state index in [0.29, 0.717) is 18.3 Å². The Bertz CT molecular complexity index is 398. The van der Waals surface area contributed by atoms with E-state index in [2.05, 4.69) is 10.6 Å². The van der Waals surface area contributed by atoms with Crippen LogP contribution in [0.2, 0.25) is 0 Å². The molecule has 2 amide bonds. The highest BCUT2D eigenvalue weighted by molar-refractivity contribution is 5.87. The van der Waals surface area contributed by atoms with Crippen molar-refractivity contribution in [3.63, 3.8) is 0 Å². The Morgan fingerprint density at radius 1 is 1.08 bits per heavy atom. The van der Waals surface area contributed by atoms with Crippen molar-refractivity contribution < 1.29 is 9.59 Å². The first kappa shape index (κ1) is 21.2. The molecule has 0 aromatic heterocycles. The van der Waals surface area contributed by atoms with Crippen LogP contribution in [0.4, 0.5) is 0 Å². The third kappa shape index (κ3) is 6.60. The summed E-state index contributed by atoms with van der Waals surface area (Å²) >= 11 is 0. The molecule has 1 aliphatic heterocycles. The predicted octanol–water partition coefficient (Wildman–Crippen LogP) is 2.34. The molecule has 2 fully saturated rings. The number of rotatable bonds is 6. The van der Waals surface area contributed by atoms with Crippen molar-refractivity contribution in [1.82, 2.24) is 15.5 Å². The van der Waals surface area contributed by atoms with Gasteiger partial charge in [-0.3, -0.25) is 9.59 Å². The number of carbonyl (C=O) groups is 2. The number of hydrogen-bond donors (Lipinski definition) is 2. The molecule has 0 bridgehead atoms. The van der Waals surface area contributed by atoms with Crippen molar-refractivity contribution in [2.24, 2.45) is 11.8 Å². The maximum Gasteiger partial charge on any atom is 0.244 e. The van der Waals surface area contributed by atoms with Crippen LogP contribution in [0.15, 0.2) is 0 Å². The second-order valence-corrected chi connectivity index (χ2v) is 7.35. The smallest absolute Gasteiger partial charge is 0.244 e. The highest BCUT2D eigenvalue weighted by Gasteiger charge is 2.27. The van der Waals surface area contributed by atoms with Gasteiger partial charge in [-0.25, -0.2) is 0 Å². The fourth-order valence-corrected chi connectivity index (χ4v) is 4.01. The molecule has 1 aliphatic carbocycles. The van der Waals surface area contributed by atoms with Crippen molar-refractivity contribution in [3.05, 3.63) is 0 Å². The van der Waals surface area contributed by atoms with Crippen molar-refractivity contribution in [2.45, 2.75) is 64.3 Å². The Kier molecular flexibility index (Phi) is 9.67. The predicted molar refractivity (Wildman–Crippen MR) is 99.3 cm³/mol. The van der Waals surface area contributed by atoms with Crippen LogP contribution >= 0.6 is 12.4 Å². The quantitative estimate of drug-likeness (QED) is 0.765. The molecule has 0 aromatic rings. The first-order valence-corrected chi connectivity index (χ1v) is 9.33. The van der Waals surface area contributed by atoms with E-state index in [0.717, 1.165) is 38.9 Å². The number of nitrogens with zero attached hydrogens (tertiary/aromatic N) is 1. The van der Waals surface area contributed by atoms with Crippen LogP contribution in [-0.4, -0.2) is 49.4 Å². The van der Waals surface area contributed by atoms with Gasteiger partial charge in [0, 0.05) is 19.5 Å². The summed E-state index contributed by atoms with van der Waals surface area (Å²) in [6.07, 6.45) is 8.92. The molecule has 6 heteroatoms. The van der Waals surface area contributed by atoms with Gasteiger partial charge in [-0.15, -0.1) is 12.4 Å². The molecule has 1 heterocycles. The summed E-state index contributed by atoms with van der Waals surface area (Å²) in [5, 5.41) is 6.12. The summed E-state index contributed by atoms with van der Waals surface area (Å²) in [6.45, 7) is 4.40. The maximum absolute atomic E-state index is 12.6. The molecule has 1 saturated heterocycles. The van der Waals surface area contributed by atoms with Gasteiger partial charge >= 0.3 is 0 Å². The minimum atomic E-state index is -0.403. The van der Waals surface area contributed by atoms with Crippen LogP contribution in [0.5, 0.6) is 0 Å². The van der Waals surface area contributed by atoms with E-state index in [1.807, 2.05) is 18.9 Å². The van der Waals surface area contributed by atoms with Gasteiger partial charge in [0.25, 0.3) is 0 Å². The van der Waals surface area contributed by atoms with Gasteiger partial charge in [0.1, 0.15) is 6.04 Å². The van der Waals surface area contributed by atoms with E-state index >= 15 is 0 Å². The normalized spacial score (nSPS) is 23.2. The Balaban J connectivity index is 0.00000288. The van der Waals surface area contributed by atoms with Crippen LogP contribution in [0.1, 0.15) is 58.3 Å². The zero-order valence-corrected chi connectivity index (χ0v) is 16.0. The lowest BCUT2D eigenvalue weighted by molar-refractivity contribution is -0.137. The van der Waals surface area contributed by atoms with Crippen LogP contribution in [0, 0.1) is 11.8 Å². The molecule has 2 N–H and O–H groups in total. The van der Waals surface area contributed by atoms with E-state index in [4.69, 9.17) is 0 Å². The lowest BCUT2D eigenvalue weighted by Crippen LogP contribution is -2.51. The van der Waals surface area contributed by atoms with E-state index in [1.165, 1.54) is 25.7 Å². The number of nitrogens with one attached hydrogen (secondary N) is 2. The van der Waals surface area contributed by atoms with Gasteiger partial charge in [-0.05, 0) is 58.0 Å². The van der Waals surface area contributed by atoms with Gasteiger partial charge in [-0.1, -0.05) is 19.3 Å². The summed E-state index contributed by atoms with van der Waals surface area (Å²) < 4.78 is 0. The number of amides is 2. The Morgan fingerprint density at radius 3 is 2.42 bits per heavy atom. The number of hydrogen-bond acceptors (Lipinski definition) is 3. The molecule has 0 radical (unpaired) electrons. The molecule has 2 rings (SSSR count). The lowest BCUT2D eigenvalue weighted by atomic mass is 9.87. The zero-order valence-electron chi connectivity index (χ0n) is 15.2. The van der Waals surface area contributed by atoms with Crippen LogP contribution in [0.3, 0.4) is 0 Å². The summed E-state index contributed by atoms with van der Waals surface area (Å²) in [4.78, 5) is 26.7. The molecule has 140 valence electrons. The molecule has 2 atom stereocenters. The standard InChI is InChI=1S/C18H33N3O2.ClH/c1-14(20-17(22)11-15-7-4-3-5-8-15)18(23)21-10-6-9-16(13-21)12-19-2;/h14-16,19H,3-13H2,1-2H3,(H,20,22);1H. The van der Waals surface area contributed by atoms with Crippen LogP contribution in [0.25, 0.3) is 0 Å². The zero-order chi connectivity index (χ0) is 16.7. The Hall–Kier alpha value is -0.810. The first-order valence-electron chi connectivity index (χ1n) is 9.33. The molecule has 0 spiro atoms. The Labute approximate surface area is 152 Å². The lowest BCUT2D eigenvalue weighted by Gasteiger charge is -2.34. The molecular weight excluding hydrogens is 326 g/mol.